The molecule has 0 aromatic rings. The van der Waals surface area contributed by atoms with Gasteiger partial charge >= 0.3 is 0 Å². The number of nitrogens with two attached hydrogens (primary N) is 1. The van der Waals surface area contributed by atoms with Crippen LogP contribution in [-0.2, 0) is 0 Å². The second kappa shape index (κ2) is 4.29. The maximum absolute atomic E-state index is 6.12. The van der Waals surface area contributed by atoms with Gasteiger partial charge < -0.3 is 5.73 Å². The van der Waals surface area contributed by atoms with Crippen LogP contribution in [0.2, 0.25) is 0 Å². The molecule has 0 heterocycles. The zero-order valence-corrected chi connectivity index (χ0v) is 10.1. The molecule has 1 spiro atoms. The average molecular weight is 207 g/mol. The van der Waals surface area contributed by atoms with Gasteiger partial charge in [0.1, 0.15) is 0 Å². The molecule has 2 aliphatic rings. The SMILES string of the molecule is C=C(C)CC1CC(N)CCC12CCCC2. The molecule has 0 aliphatic heterocycles. The van der Waals surface area contributed by atoms with Gasteiger partial charge in [0.15, 0.2) is 0 Å². The van der Waals surface area contributed by atoms with Gasteiger partial charge in [0, 0.05) is 6.04 Å². The quantitative estimate of drug-likeness (QED) is 0.687. The number of allylic oxidation sites excluding steroid dienone is 1. The van der Waals surface area contributed by atoms with Gasteiger partial charge in [-0.05, 0) is 56.8 Å². The Morgan fingerprint density at radius 2 is 2.00 bits per heavy atom. The van der Waals surface area contributed by atoms with Crippen LogP contribution in [0.25, 0.3) is 0 Å². The van der Waals surface area contributed by atoms with Crippen molar-refractivity contribution in [1.29, 1.82) is 0 Å². The fourth-order valence-electron chi connectivity index (χ4n) is 3.87. The molecule has 86 valence electrons. The van der Waals surface area contributed by atoms with E-state index in [0.29, 0.717) is 11.5 Å². The largest absolute Gasteiger partial charge is 0.328 e. The van der Waals surface area contributed by atoms with Crippen molar-refractivity contribution in [2.24, 2.45) is 17.1 Å². The molecular formula is C14H25N. The van der Waals surface area contributed by atoms with E-state index in [4.69, 9.17) is 5.73 Å². The van der Waals surface area contributed by atoms with Crippen molar-refractivity contribution in [1.82, 2.24) is 0 Å². The molecule has 2 atom stereocenters. The molecule has 1 heteroatoms. The van der Waals surface area contributed by atoms with Crippen LogP contribution in [0.1, 0.15) is 58.3 Å². The van der Waals surface area contributed by atoms with Gasteiger partial charge in [0.05, 0.1) is 0 Å². The number of hydrogen-bond acceptors (Lipinski definition) is 1. The minimum Gasteiger partial charge on any atom is -0.328 e. The first-order chi connectivity index (χ1) is 7.12. The van der Waals surface area contributed by atoms with Crippen LogP contribution in [0.3, 0.4) is 0 Å². The van der Waals surface area contributed by atoms with Crippen molar-refractivity contribution < 1.29 is 0 Å². The van der Waals surface area contributed by atoms with Crippen LogP contribution in [0, 0.1) is 11.3 Å². The Kier molecular flexibility index (Phi) is 3.20. The van der Waals surface area contributed by atoms with Gasteiger partial charge in [0.25, 0.3) is 0 Å². The lowest BCUT2D eigenvalue weighted by Gasteiger charge is -2.44. The normalized spacial score (nSPS) is 34.5. The van der Waals surface area contributed by atoms with Crippen LogP contribution >= 0.6 is 0 Å². The molecule has 0 bridgehead atoms. The summed E-state index contributed by atoms with van der Waals surface area (Å²) in [5.41, 5.74) is 8.13. The third-order valence-corrected chi connectivity index (χ3v) is 4.66. The maximum atomic E-state index is 6.12. The van der Waals surface area contributed by atoms with Gasteiger partial charge in [0.2, 0.25) is 0 Å². The van der Waals surface area contributed by atoms with Crippen molar-refractivity contribution >= 4 is 0 Å². The monoisotopic (exact) mass is 207 g/mol. The van der Waals surface area contributed by atoms with E-state index in [1.54, 1.807) is 0 Å². The van der Waals surface area contributed by atoms with Crippen LogP contribution in [0.5, 0.6) is 0 Å². The fourth-order valence-corrected chi connectivity index (χ4v) is 3.87. The summed E-state index contributed by atoms with van der Waals surface area (Å²) in [6.07, 6.45) is 10.9. The van der Waals surface area contributed by atoms with E-state index in [1.165, 1.54) is 56.9 Å². The topological polar surface area (TPSA) is 26.0 Å². The highest BCUT2D eigenvalue weighted by Gasteiger charge is 2.43. The Balaban J connectivity index is 2.09. The van der Waals surface area contributed by atoms with Crippen molar-refractivity contribution in [2.45, 2.75) is 64.3 Å². The van der Waals surface area contributed by atoms with Crippen molar-refractivity contribution in [3.05, 3.63) is 12.2 Å². The highest BCUT2D eigenvalue weighted by Crippen LogP contribution is 2.53. The molecule has 15 heavy (non-hydrogen) atoms. The molecule has 0 aromatic heterocycles. The van der Waals surface area contributed by atoms with E-state index in [2.05, 4.69) is 13.5 Å². The summed E-state index contributed by atoms with van der Waals surface area (Å²) in [6.45, 7) is 6.26. The van der Waals surface area contributed by atoms with Crippen LogP contribution in [0.4, 0.5) is 0 Å². The predicted molar refractivity (Wildman–Crippen MR) is 65.6 cm³/mol. The van der Waals surface area contributed by atoms with Gasteiger partial charge in [-0.15, -0.1) is 6.58 Å². The van der Waals surface area contributed by atoms with Gasteiger partial charge in [-0.25, -0.2) is 0 Å². The van der Waals surface area contributed by atoms with E-state index >= 15 is 0 Å². The Morgan fingerprint density at radius 3 is 2.60 bits per heavy atom. The van der Waals surface area contributed by atoms with E-state index in [1.807, 2.05) is 0 Å². The smallest absolute Gasteiger partial charge is 0.00419 e. The third-order valence-electron chi connectivity index (χ3n) is 4.66. The molecule has 2 saturated carbocycles. The Morgan fingerprint density at radius 1 is 1.33 bits per heavy atom. The second-order valence-electron chi connectivity index (χ2n) is 5.96. The molecule has 2 aliphatic carbocycles. The van der Waals surface area contributed by atoms with Gasteiger partial charge in [-0.3, -0.25) is 0 Å². The first kappa shape index (κ1) is 11.2. The van der Waals surface area contributed by atoms with E-state index in [0.717, 1.165) is 5.92 Å². The molecular weight excluding hydrogens is 182 g/mol. The summed E-state index contributed by atoms with van der Waals surface area (Å²) in [5, 5.41) is 0. The Hall–Kier alpha value is -0.300. The molecule has 0 amide bonds. The summed E-state index contributed by atoms with van der Waals surface area (Å²) in [5.74, 6) is 0.834. The maximum Gasteiger partial charge on any atom is 0.00419 e. The first-order valence-electron chi connectivity index (χ1n) is 6.52. The molecule has 0 saturated heterocycles. The lowest BCUT2D eigenvalue weighted by molar-refractivity contribution is 0.0895. The van der Waals surface area contributed by atoms with E-state index in [-0.39, 0.29) is 0 Å². The standard InChI is InChI=1S/C14H25N/c1-11(2)9-12-10-13(15)5-8-14(12)6-3-4-7-14/h12-13H,1,3-10,15H2,2H3. The zero-order chi connectivity index (χ0) is 10.9. The molecule has 0 aromatic carbocycles. The summed E-state index contributed by atoms with van der Waals surface area (Å²) < 4.78 is 0. The highest BCUT2D eigenvalue weighted by molar-refractivity contribution is 5.02. The summed E-state index contributed by atoms with van der Waals surface area (Å²) in [7, 11) is 0. The van der Waals surface area contributed by atoms with Gasteiger partial charge in [-0.2, -0.15) is 0 Å². The Labute approximate surface area is 94.1 Å². The molecule has 2 unspecified atom stereocenters. The van der Waals surface area contributed by atoms with Crippen molar-refractivity contribution in [3.63, 3.8) is 0 Å². The van der Waals surface area contributed by atoms with Crippen molar-refractivity contribution in [3.8, 4) is 0 Å². The number of hydrogen-bond donors (Lipinski definition) is 1. The molecule has 2 rings (SSSR count). The molecule has 1 nitrogen and oxygen atoms in total. The first-order valence-corrected chi connectivity index (χ1v) is 6.52. The molecule has 0 radical (unpaired) electrons. The third kappa shape index (κ3) is 2.28. The second-order valence-corrected chi connectivity index (χ2v) is 5.96. The predicted octanol–water partition coefficient (Wildman–Crippen LogP) is 3.64. The Bertz CT molecular complexity index is 238. The molecule has 2 N–H and O–H groups in total. The van der Waals surface area contributed by atoms with Crippen molar-refractivity contribution in [2.75, 3.05) is 0 Å². The van der Waals surface area contributed by atoms with Crippen LogP contribution in [0.15, 0.2) is 12.2 Å². The highest BCUT2D eigenvalue weighted by atomic mass is 14.7. The minimum atomic E-state index is 0.459. The van der Waals surface area contributed by atoms with Crippen LogP contribution in [-0.4, -0.2) is 6.04 Å². The minimum absolute atomic E-state index is 0.459. The summed E-state index contributed by atoms with van der Waals surface area (Å²) in [4.78, 5) is 0. The van der Waals surface area contributed by atoms with Gasteiger partial charge in [-0.1, -0.05) is 18.4 Å². The average Bonchev–Trinajstić information content (AvgIpc) is 2.61. The lowest BCUT2D eigenvalue weighted by atomic mass is 9.62. The zero-order valence-electron chi connectivity index (χ0n) is 10.1. The number of rotatable bonds is 2. The summed E-state index contributed by atoms with van der Waals surface area (Å²) in [6, 6.07) is 0.459. The van der Waals surface area contributed by atoms with E-state index < -0.39 is 0 Å². The van der Waals surface area contributed by atoms with Crippen LogP contribution < -0.4 is 5.73 Å². The lowest BCUT2D eigenvalue weighted by Crippen LogP contribution is -2.40. The summed E-state index contributed by atoms with van der Waals surface area (Å²) >= 11 is 0. The van der Waals surface area contributed by atoms with E-state index in [9.17, 15) is 0 Å². The fraction of sp³-hybridized carbons (Fsp3) is 0.857. The molecule has 2 fully saturated rings.